The van der Waals surface area contributed by atoms with Crippen molar-refractivity contribution in [2.24, 2.45) is 5.73 Å². The van der Waals surface area contributed by atoms with Crippen molar-refractivity contribution in [3.63, 3.8) is 0 Å². The molecule has 0 spiro atoms. The quantitative estimate of drug-likeness (QED) is 0.646. The molecule has 3 N–H and O–H groups in total. The van der Waals surface area contributed by atoms with Crippen molar-refractivity contribution in [3.8, 4) is 11.5 Å². The maximum Gasteiger partial charge on any atom is 0.130 e. The molecule has 0 aliphatic rings. The number of para-hydroxylation sites is 1. The molecule has 0 saturated carbocycles. The van der Waals surface area contributed by atoms with Crippen molar-refractivity contribution in [2.45, 2.75) is 20.3 Å². The first kappa shape index (κ1) is 13.1. The maximum absolute atomic E-state index is 7.42. The van der Waals surface area contributed by atoms with Gasteiger partial charge in [-0.1, -0.05) is 25.1 Å². The molecule has 3 heteroatoms. The van der Waals surface area contributed by atoms with E-state index in [9.17, 15) is 0 Å². The molecule has 98 valence electrons. The Morgan fingerprint density at radius 3 is 2.53 bits per heavy atom. The Morgan fingerprint density at radius 2 is 1.89 bits per heavy atom. The highest BCUT2D eigenvalue weighted by molar-refractivity contribution is 5.95. The number of nitrogen functional groups attached to an aromatic ring is 1. The van der Waals surface area contributed by atoms with Gasteiger partial charge in [-0.3, -0.25) is 5.41 Å². The summed E-state index contributed by atoms with van der Waals surface area (Å²) >= 11 is 0. The Morgan fingerprint density at radius 1 is 1.16 bits per heavy atom. The smallest absolute Gasteiger partial charge is 0.130 e. The lowest BCUT2D eigenvalue weighted by atomic mass is 10.1. The summed E-state index contributed by atoms with van der Waals surface area (Å²) in [6.07, 6.45) is 0.931. The van der Waals surface area contributed by atoms with Gasteiger partial charge in [0, 0.05) is 5.56 Å². The van der Waals surface area contributed by atoms with Crippen LogP contribution in [0.4, 0.5) is 0 Å². The summed E-state index contributed by atoms with van der Waals surface area (Å²) in [5.41, 5.74) is 8.34. The van der Waals surface area contributed by atoms with Gasteiger partial charge in [-0.05, 0) is 48.7 Å². The van der Waals surface area contributed by atoms with Gasteiger partial charge in [-0.15, -0.1) is 0 Å². The van der Waals surface area contributed by atoms with Crippen LogP contribution in [0.2, 0.25) is 0 Å². The second-order valence-corrected chi connectivity index (χ2v) is 4.46. The number of benzene rings is 2. The first-order valence-corrected chi connectivity index (χ1v) is 6.32. The average molecular weight is 254 g/mol. The van der Waals surface area contributed by atoms with E-state index >= 15 is 0 Å². The molecule has 0 aromatic heterocycles. The van der Waals surface area contributed by atoms with E-state index in [1.165, 1.54) is 5.56 Å². The molecule has 0 radical (unpaired) electrons. The fourth-order valence-corrected chi connectivity index (χ4v) is 1.95. The number of ether oxygens (including phenoxy) is 1. The van der Waals surface area contributed by atoms with Crippen molar-refractivity contribution in [2.75, 3.05) is 0 Å². The molecule has 3 nitrogen and oxygen atoms in total. The minimum Gasteiger partial charge on any atom is -0.457 e. The Kier molecular flexibility index (Phi) is 3.85. The number of amidine groups is 1. The van der Waals surface area contributed by atoms with Crippen molar-refractivity contribution in [1.29, 1.82) is 5.41 Å². The molecule has 0 aliphatic heterocycles. The van der Waals surface area contributed by atoms with Crippen LogP contribution in [0.15, 0.2) is 42.5 Å². The number of nitrogens with one attached hydrogen (secondary N) is 1. The number of nitrogens with two attached hydrogens (primary N) is 1. The zero-order valence-corrected chi connectivity index (χ0v) is 11.2. The summed E-state index contributed by atoms with van der Waals surface area (Å²) in [7, 11) is 0. The average Bonchev–Trinajstić information content (AvgIpc) is 2.41. The van der Waals surface area contributed by atoms with Crippen molar-refractivity contribution in [1.82, 2.24) is 0 Å². The van der Waals surface area contributed by atoms with Gasteiger partial charge in [0.25, 0.3) is 0 Å². The summed E-state index contributed by atoms with van der Waals surface area (Å²) in [6, 6.07) is 13.5. The SMILES string of the molecule is CCc1ccccc1Oc1ccc(C(=N)N)cc1C. The van der Waals surface area contributed by atoms with Gasteiger partial charge < -0.3 is 10.5 Å². The fourth-order valence-electron chi connectivity index (χ4n) is 1.95. The first-order valence-electron chi connectivity index (χ1n) is 6.32. The van der Waals surface area contributed by atoms with Crippen LogP contribution >= 0.6 is 0 Å². The predicted molar refractivity (Wildman–Crippen MR) is 78.1 cm³/mol. The summed E-state index contributed by atoms with van der Waals surface area (Å²) in [6.45, 7) is 4.06. The highest BCUT2D eigenvalue weighted by Gasteiger charge is 2.06. The predicted octanol–water partition coefficient (Wildman–Crippen LogP) is 3.63. The van der Waals surface area contributed by atoms with Gasteiger partial charge in [0.05, 0.1) is 0 Å². The Balaban J connectivity index is 2.31. The van der Waals surface area contributed by atoms with E-state index in [4.69, 9.17) is 15.9 Å². The third kappa shape index (κ3) is 2.94. The lowest BCUT2D eigenvalue weighted by molar-refractivity contribution is 0.473. The van der Waals surface area contributed by atoms with Crippen LogP contribution in [0.25, 0.3) is 0 Å². The molecule has 2 aromatic rings. The van der Waals surface area contributed by atoms with E-state index in [0.717, 1.165) is 23.5 Å². The van der Waals surface area contributed by atoms with Crippen molar-refractivity contribution >= 4 is 5.84 Å². The van der Waals surface area contributed by atoms with Gasteiger partial charge in [-0.25, -0.2) is 0 Å². The van der Waals surface area contributed by atoms with Crippen LogP contribution in [0.5, 0.6) is 11.5 Å². The second kappa shape index (κ2) is 5.57. The largest absolute Gasteiger partial charge is 0.457 e. The molecule has 0 atom stereocenters. The number of hydrogen-bond donors (Lipinski definition) is 2. The highest BCUT2D eigenvalue weighted by Crippen LogP contribution is 2.28. The third-order valence-corrected chi connectivity index (χ3v) is 3.06. The Bertz CT molecular complexity index is 605. The molecule has 0 aliphatic carbocycles. The molecule has 0 saturated heterocycles. The molecule has 0 unspecified atom stereocenters. The van der Waals surface area contributed by atoms with Crippen LogP contribution in [0.3, 0.4) is 0 Å². The molecule has 19 heavy (non-hydrogen) atoms. The van der Waals surface area contributed by atoms with E-state index in [1.807, 2.05) is 37.3 Å². The van der Waals surface area contributed by atoms with Crippen LogP contribution in [-0.4, -0.2) is 5.84 Å². The maximum atomic E-state index is 7.42. The molecular formula is C16H18N2O. The zero-order valence-electron chi connectivity index (χ0n) is 11.2. The van der Waals surface area contributed by atoms with E-state index in [-0.39, 0.29) is 5.84 Å². The number of rotatable bonds is 4. The fraction of sp³-hybridized carbons (Fsp3) is 0.188. The minimum absolute atomic E-state index is 0.0728. The van der Waals surface area contributed by atoms with Gasteiger partial charge in [-0.2, -0.15) is 0 Å². The number of hydrogen-bond acceptors (Lipinski definition) is 2. The molecular weight excluding hydrogens is 236 g/mol. The summed E-state index contributed by atoms with van der Waals surface area (Å²) in [5.74, 6) is 1.75. The molecule has 0 amide bonds. The standard InChI is InChI=1S/C16H18N2O/c1-3-12-6-4-5-7-15(12)19-14-9-8-13(16(17)18)10-11(14)2/h4-10H,3H2,1-2H3,(H3,17,18). The molecule has 0 fully saturated rings. The van der Waals surface area contributed by atoms with Crippen LogP contribution in [0, 0.1) is 12.3 Å². The van der Waals surface area contributed by atoms with Gasteiger partial charge in [0.2, 0.25) is 0 Å². The van der Waals surface area contributed by atoms with Gasteiger partial charge >= 0.3 is 0 Å². The molecule has 0 heterocycles. The summed E-state index contributed by atoms with van der Waals surface area (Å²) < 4.78 is 5.95. The van der Waals surface area contributed by atoms with Gasteiger partial charge in [0.1, 0.15) is 17.3 Å². The topological polar surface area (TPSA) is 59.1 Å². The van der Waals surface area contributed by atoms with Crippen molar-refractivity contribution < 1.29 is 4.74 Å². The van der Waals surface area contributed by atoms with E-state index < -0.39 is 0 Å². The van der Waals surface area contributed by atoms with Crippen molar-refractivity contribution in [3.05, 3.63) is 59.2 Å². The lowest BCUT2D eigenvalue weighted by Crippen LogP contribution is -2.11. The molecule has 2 aromatic carbocycles. The lowest BCUT2D eigenvalue weighted by Gasteiger charge is -2.12. The Labute approximate surface area is 113 Å². The van der Waals surface area contributed by atoms with E-state index in [0.29, 0.717) is 5.56 Å². The highest BCUT2D eigenvalue weighted by atomic mass is 16.5. The summed E-state index contributed by atoms with van der Waals surface area (Å²) in [5, 5.41) is 7.42. The van der Waals surface area contributed by atoms with E-state index in [2.05, 4.69) is 13.0 Å². The van der Waals surface area contributed by atoms with E-state index in [1.54, 1.807) is 6.07 Å². The van der Waals surface area contributed by atoms with Crippen LogP contribution < -0.4 is 10.5 Å². The monoisotopic (exact) mass is 254 g/mol. The third-order valence-electron chi connectivity index (χ3n) is 3.06. The first-order chi connectivity index (χ1) is 9.11. The second-order valence-electron chi connectivity index (χ2n) is 4.46. The number of aryl methyl sites for hydroxylation is 2. The normalized spacial score (nSPS) is 10.2. The van der Waals surface area contributed by atoms with Crippen LogP contribution in [0.1, 0.15) is 23.6 Å². The zero-order chi connectivity index (χ0) is 13.8. The Hall–Kier alpha value is -2.29. The minimum atomic E-state index is 0.0728. The summed E-state index contributed by atoms with van der Waals surface area (Å²) in [4.78, 5) is 0. The molecule has 2 rings (SSSR count). The van der Waals surface area contributed by atoms with Gasteiger partial charge in [0.15, 0.2) is 0 Å². The van der Waals surface area contributed by atoms with Crippen LogP contribution in [-0.2, 0) is 6.42 Å². The molecule has 0 bridgehead atoms.